The first kappa shape index (κ1) is 6.99. The third-order valence-corrected chi connectivity index (χ3v) is 1.23. The zero-order chi connectivity index (χ0) is 7.61. The number of hydrogen-bond donors (Lipinski definition) is 1. The van der Waals surface area contributed by atoms with Crippen LogP contribution in [-0.4, -0.2) is 12.2 Å². The van der Waals surface area contributed by atoms with Crippen LogP contribution in [0.25, 0.3) is 0 Å². The summed E-state index contributed by atoms with van der Waals surface area (Å²) < 4.78 is 0. The summed E-state index contributed by atoms with van der Waals surface area (Å²) >= 11 is 0. The lowest BCUT2D eigenvalue weighted by Crippen LogP contribution is -2.10. The molecule has 0 radical (unpaired) electrons. The van der Waals surface area contributed by atoms with Gasteiger partial charge in [0.25, 0.3) is 0 Å². The first-order valence-electron chi connectivity index (χ1n) is 3.14. The van der Waals surface area contributed by atoms with Gasteiger partial charge in [0.05, 0.1) is 0 Å². The Hall–Kier alpha value is -1.12. The molecule has 0 unspecified atom stereocenters. The van der Waals surface area contributed by atoms with E-state index >= 15 is 0 Å². The third kappa shape index (κ3) is 1.69. The van der Waals surface area contributed by atoms with Crippen LogP contribution in [0.5, 0.6) is 0 Å². The summed E-state index contributed by atoms with van der Waals surface area (Å²) in [6.45, 7) is 3.96. The van der Waals surface area contributed by atoms with E-state index in [0.717, 1.165) is 0 Å². The zero-order valence-electron chi connectivity index (χ0n) is 6.09. The quantitative estimate of drug-likeness (QED) is 0.539. The van der Waals surface area contributed by atoms with Crippen LogP contribution in [0.3, 0.4) is 0 Å². The van der Waals surface area contributed by atoms with E-state index in [2.05, 4.69) is 10.3 Å². The Balaban J connectivity index is 2.84. The number of rotatable bonds is 0. The SMILES string of the molecule is CC1(C)C=CNC(=O)N=C1. The highest BCUT2D eigenvalue weighted by molar-refractivity contribution is 5.87. The number of allylic oxidation sites excluding steroid dienone is 1. The first-order chi connectivity index (χ1) is 4.60. The van der Waals surface area contributed by atoms with E-state index in [1.807, 2.05) is 19.9 Å². The van der Waals surface area contributed by atoms with Gasteiger partial charge in [0.1, 0.15) is 0 Å². The van der Waals surface area contributed by atoms with Crippen LogP contribution in [0, 0.1) is 5.41 Å². The van der Waals surface area contributed by atoms with Gasteiger partial charge in [-0.3, -0.25) is 0 Å². The van der Waals surface area contributed by atoms with Crippen LogP contribution in [0.2, 0.25) is 0 Å². The first-order valence-corrected chi connectivity index (χ1v) is 3.14. The maximum Gasteiger partial charge on any atom is 0.344 e. The number of amides is 2. The van der Waals surface area contributed by atoms with Crippen molar-refractivity contribution in [2.45, 2.75) is 13.8 Å². The average molecular weight is 138 g/mol. The van der Waals surface area contributed by atoms with Gasteiger partial charge in [0, 0.05) is 17.8 Å². The molecule has 1 aliphatic heterocycles. The molecule has 1 N–H and O–H groups in total. The van der Waals surface area contributed by atoms with Crippen LogP contribution in [-0.2, 0) is 0 Å². The van der Waals surface area contributed by atoms with E-state index in [-0.39, 0.29) is 11.4 Å². The van der Waals surface area contributed by atoms with Crippen molar-refractivity contribution in [3.8, 4) is 0 Å². The lowest BCUT2D eigenvalue weighted by Gasteiger charge is -2.09. The fourth-order valence-electron chi connectivity index (χ4n) is 0.633. The fraction of sp³-hybridized carbons (Fsp3) is 0.429. The second kappa shape index (κ2) is 2.25. The van der Waals surface area contributed by atoms with Gasteiger partial charge >= 0.3 is 6.03 Å². The molecule has 0 aromatic heterocycles. The van der Waals surface area contributed by atoms with Gasteiger partial charge < -0.3 is 5.32 Å². The van der Waals surface area contributed by atoms with Gasteiger partial charge in [-0.2, -0.15) is 0 Å². The molecular weight excluding hydrogens is 128 g/mol. The molecule has 0 aromatic rings. The number of aliphatic imine (C=N–C) groups is 1. The van der Waals surface area contributed by atoms with Crippen LogP contribution >= 0.6 is 0 Å². The lowest BCUT2D eigenvalue weighted by atomic mass is 9.96. The molecule has 0 saturated heterocycles. The number of nitrogens with zero attached hydrogens (tertiary/aromatic N) is 1. The largest absolute Gasteiger partial charge is 0.344 e. The molecule has 1 heterocycles. The van der Waals surface area contributed by atoms with Crippen molar-refractivity contribution in [3.63, 3.8) is 0 Å². The molecule has 3 nitrogen and oxygen atoms in total. The summed E-state index contributed by atoms with van der Waals surface area (Å²) in [5.41, 5.74) is -0.112. The average Bonchev–Trinajstić information content (AvgIpc) is 1.94. The van der Waals surface area contributed by atoms with Crippen molar-refractivity contribution in [1.29, 1.82) is 0 Å². The maximum absolute atomic E-state index is 10.6. The summed E-state index contributed by atoms with van der Waals surface area (Å²) in [5.74, 6) is 0. The number of carbonyl (C=O) groups is 1. The molecule has 2 amide bonds. The van der Waals surface area contributed by atoms with Gasteiger partial charge in [0.15, 0.2) is 0 Å². The molecule has 0 bridgehead atoms. The standard InChI is InChI=1S/C7H10N2O/c1-7(2)3-4-8-6(10)9-5-7/h3-5H,1-2H3,(H,8,10). The van der Waals surface area contributed by atoms with Crippen molar-refractivity contribution < 1.29 is 4.79 Å². The highest BCUT2D eigenvalue weighted by Crippen LogP contribution is 2.14. The van der Waals surface area contributed by atoms with Gasteiger partial charge in [0.2, 0.25) is 0 Å². The minimum Gasteiger partial charge on any atom is -0.313 e. The van der Waals surface area contributed by atoms with Gasteiger partial charge in [-0.25, -0.2) is 9.79 Å². The van der Waals surface area contributed by atoms with E-state index in [0.29, 0.717) is 0 Å². The molecule has 3 heteroatoms. The number of urea groups is 1. The second-order valence-electron chi connectivity index (χ2n) is 2.86. The van der Waals surface area contributed by atoms with E-state index < -0.39 is 0 Å². The summed E-state index contributed by atoms with van der Waals surface area (Å²) in [5, 5.41) is 2.48. The van der Waals surface area contributed by atoms with Crippen LogP contribution < -0.4 is 5.32 Å². The Bertz CT molecular complexity index is 204. The Morgan fingerprint density at radius 1 is 1.60 bits per heavy atom. The highest BCUT2D eigenvalue weighted by atomic mass is 16.2. The predicted octanol–water partition coefficient (Wildman–Crippen LogP) is 1.32. The number of carbonyl (C=O) groups excluding carboxylic acids is 1. The summed E-state index contributed by atoms with van der Waals surface area (Å²) in [4.78, 5) is 14.2. The predicted molar refractivity (Wildman–Crippen MR) is 39.9 cm³/mol. The van der Waals surface area contributed by atoms with Gasteiger partial charge in [-0.1, -0.05) is 19.9 Å². The van der Waals surface area contributed by atoms with E-state index in [4.69, 9.17) is 0 Å². The van der Waals surface area contributed by atoms with Crippen molar-refractivity contribution >= 4 is 12.2 Å². The molecular formula is C7H10N2O. The molecule has 0 aliphatic carbocycles. The van der Waals surface area contributed by atoms with Crippen LogP contribution in [0.1, 0.15) is 13.8 Å². The molecule has 0 spiro atoms. The Labute approximate surface area is 59.8 Å². The summed E-state index contributed by atoms with van der Waals surface area (Å²) in [7, 11) is 0. The molecule has 0 saturated carbocycles. The monoisotopic (exact) mass is 138 g/mol. The van der Waals surface area contributed by atoms with Gasteiger partial charge in [-0.15, -0.1) is 0 Å². The molecule has 0 fully saturated rings. The minimum atomic E-state index is -0.304. The topological polar surface area (TPSA) is 41.5 Å². The zero-order valence-corrected chi connectivity index (χ0v) is 6.09. The second-order valence-corrected chi connectivity index (χ2v) is 2.86. The summed E-state index contributed by atoms with van der Waals surface area (Å²) in [6, 6.07) is -0.304. The van der Waals surface area contributed by atoms with Crippen molar-refractivity contribution in [2.75, 3.05) is 0 Å². The van der Waals surface area contributed by atoms with E-state index in [1.165, 1.54) is 0 Å². The molecule has 0 atom stereocenters. The highest BCUT2D eigenvalue weighted by Gasteiger charge is 2.12. The smallest absolute Gasteiger partial charge is 0.313 e. The normalized spacial score (nSPS) is 22.0. The summed E-state index contributed by atoms with van der Waals surface area (Å²) in [6.07, 6.45) is 5.14. The molecule has 1 aliphatic rings. The lowest BCUT2D eigenvalue weighted by molar-refractivity contribution is 0.252. The van der Waals surface area contributed by atoms with E-state index in [9.17, 15) is 4.79 Å². The van der Waals surface area contributed by atoms with Crippen LogP contribution in [0.15, 0.2) is 17.3 Å². The van der Waals surface area contributed by atoms with E-state index in [1.54, 1.807) is 12.4 Å². The van der Waals surface area contributed by atoms with Crippen LogP contribution in [0.4, 0.5) is 4.79 Å². The minimum absolute atomic E-state index is 0.112. The number of hydrogen-bond acceptors (Lipinski definition) is 1. The maximum atomic E-state index is 10.6. The Morgan fingerprint density at radius 3 is 3.00 bits per heavy atom. The van der Waals surface area contributed by atoms with Crippen molar-refractivity contribution in [3.05, 3.63) is 12.3 Å². The molecule has 1 rings (SSSR count). The fourth-order valence-corrected chi connectivity index (χ4v) is 0.633. The molecule has 0 aromatic carbocycles. The van der Waals surface area contributed by atoms with Gasteiger partial charge in [-0.05, 0) is 0 Å². The third-order valence-electron chi connectivity index (χ3n) is 1.23. The molecule has 54 valence electrons. The molecule has 10 heavy (non-hydrogen) atoms. The Kier molecular flexibility index (Phi) is 1.57. The Morgan fingerprint density at radius 2 is 2.30 bits per heavy atom. The number of nitrogens with one attached hydrogen (secondary N) is 1. The van der Waals surface area contributed by atoms with Crippen molar-refractivity contribution in [1.82, 2.24) is 5.32 Å². The van der Waals surface area contributed by atoms with Crippen molar-refractivity contribution in [2.24, 2.45) is 10.4 Å².